The molecule has 0 aromatic carbocycles. The van der Waals surface area contributed by atoms with Crippen LogP contribution in [0.25, 0.3) is 0 Å². The molecule has 7 heteroatoms. The van der Waals surface area contributed by atoms with Crippen molar-refractivity contribution in [3.8, 4) is 0 Å². The molecule has 2 atom stereocenters. The molecule has 0 aromatic heterocycles. The van der Waals surface area contributed by atoms with E-state index in [2.05, 4.69) is 5.32 Å². The van der Waals surface area contributed by atoms with Crippen LogP contribution in [0.3, 0.4) is 0 Å². The summed E-state index contributed by atoms with van der Waals surface area (Å²) in [6.45, 7) is 4.13. The fourth-order valence-electron chi connectivity index (χ4n) is 0.875. The van der Waals surface area contributed by atoms with E-state index >= 15 is 0 Å². The average molecular weight is 227 g/mol. The van der Waals surface area contributed by atoms with Crippen molar-refractivity contribution in [3.63, 3.8) is 0 Å². The molecular formula is C7H17NO5S. The van der Waals surface area contributed by atoms with Crippen LogP contribution in [0.2, 0.25) is 0 Å². The summed E-state index contributed by atoms with van der Waals surface area (Å²) in [6, 6.07) is 0. The van der Waals surface area contributed by atoms with Crippen molar-refractivity contribution in [2.45, 2.75) is 37.9 Å². The Bertz CT molecular complexity index is 266. The van der Waals surface area contributed by atoms with E-state index in [1.54, 1.807) is 0 Å². The Morgan fingerprint density at radius 2 is 1.86 bits per heavy atom. The van der Waals surface area contributed by atoms with Gasteiger partial charge in [0, 0.05) is 6.54 Å². The first-order valence-electron chi connectivity index (χ1n) is 4.14. The number of aliphatic hydroxyl groups excluding tert-OH is 1. The maximum absolute atomic E-state index is 10.7. The lowest BCUT2D eigenvalue weighted by molar-refractivity contribution is 0.0716. The lowest BCUT2D eigenvalue weighted by atomic mass is 10.1. The molecule has 0 spiro atoms. The minimum atomic E-state index is -4.36. The number of nitrogens with one attached hydrogen (secondary N) is 1. The van der Waals surface area contributed by atoms with Crippen molar-refractivity contribution in [2.75, 3.05) is 6.54 Å². The Morgan fingerprint density at radius 1 is 1.43 bits per heavy atom. The number of rotatable bonds is 5. The van der Waals surface area contributed by atoms with Gasteiger partial charge in [0.25, 0.3) is 10.1 Å². The SMILES string of the molecule is CC(O)C(NCC(C)(C)O)S(=O)(=O)O. The van der Waals surface area contributed by atoms with Crippen LogP contribution in [0.5, 0.6) is 0 Å². The lowest BCUT2D eigenvalue weighted by Crippen LogP contribution is -2.49. The van der Waals surface area contributed by atoms with E-state index in [4.69, 9.17) is 9.66 Å². The molecule has 0 aliphatic carbocycles. The van der Waals surface area contributed by atoms with Crippen LogP contribution in [0.1, 0.15) is 20.8 Å². The first kappa shape index (κ1) is 13.8. The van der Waals surface area contributed by atoms with Crippen LogP contribution in [-0.2, 0) is 10.1 Å². The summed E-state index contributed by atoms with van der Waals surface area (Å²) in [7, 11) is -4.36. The van der Waals surface area contributed by atoms with Gasteiger partial charge in [-0.2, -0.15) is 8.42 Å². The smallest absolute Gasteiger partial charge is 0.283 e. The third-order valence-electron chi connectivity index (χ3n) is 1.49. The third-order valence-corrected chi connectivity index (χ3v) is 2.70. The molecule has 0 aliphatic heterocycles. The van der Waals surface area contributed by atoms with E-state index in [0.717, 1.165) is 0 Å². The summed E-state index contributed by atoms with van der Waals surface area (Å²) < 4.78 is 30.2. The van der Waals surface area contributed by atoms with Gasteiger partial charge in [0.1, 0.15) is 0 Å². The van der Waals surface area contributed by atoms with Gasteiger partial charge >= 0.3 is 0 Å². The second-order valence-corrected chi connectivity index (χ2v) is 5.41. The summed E-state index contributed by atoms with van der Waals surface area (Å²) in [4.78, 5) is 0. The van der Waals surface area contributed by atoms with Crippen LogP contribution >= 0.6 is 0 Å². The Morgan fingerprint density at radius 3 is 2.07 bits per heavy atom. The predicted octanol–water partition coefficient (Wildman–Crippen LogP) is -1.06. The van der Waals surface area contributed by atoms with Crippen molar-refractivity contribution in [2.24, 2.45) is 0 Å². The normalized spacial score (nSPS) is 17.9. The van der Waals surface area contributed by atoms with E-state index in [1.807, 2.05) is 0 Å². The minimum absolute atomic E-state index is 0.0532. The average Bonchev–Trinajstić information content (AvgIpc) is 1.79. The van der Waals surface area contributed by atoms with Gasteiger partial charge < -0.3 is 10.2 Å². The highest BCUT2D eigenvalue weighted by molar-refractivity contribution is 7.86. The molecule has 14 heavy (non-hydrogen) atoms. The van der Waals surface area contributed by atoms with E-state index in [-0.39, 0.29) is 6.54 Å². The van der Waals surface area contributed by atoms with Crippen LogP contribution in [0, 0.1) is 0 Å². The van der Waals surface area contributed by atoms with Gasteiger partial charge in [0.2, 0.25) is 0 Å². The third kappa shape index (κ3) is 5.51. The van der Waals surface area contributed by atoms with Crippen molar-refractivity contribution < 1.29 is 23.2 Å². The van der Waals surface area contributed by atoms with Crippen molar-refractivity contribution in [3.05, 3.63) is 0 Å². The second-order valence-electron chi connectivity index (χ2n) is 3.87. The van der Waals surface area contributed by atoms with Crippen LogP contribution in [-0.4, -0.2) is 46.8 Å². The van der Waals surface area contributed by atoms with Crippen LogP contribution in [0.4, 0.5) is 0 Å². The first-order valence-corrected chi connectivity index (χ1v) is 5.64. The standard InChI is InChI=1S/C7H17NO5S/c1-5(9)6(14(11,12)13)8-4-7(2,3)10/h5-6,8-10H,4H2,1-3H3,(H,11,12,13). The quantitative estimate of drug-likeness (QED) is 0.446. The molecule has 0 radical (unpaired) electrons. The Labute approximate surface area is 83.7 Å². The zero-order valence-corrected chi connectivity index (χ0v) is 9.24. The highest BCUT2D eigenvalue weighted by atomic mass is 32.2. The number of hydrogen-bond donors (Lipinski definition) is 4. The predicted molar refractivity (Wildman–Crippen MR) is 51.3 cm³/mol. The maximum Gasteiger partial charge on any atom is 0.283 e. The number of hydrogen-bond acceptors (Lipinski definition) is 5. The van der Waals surface area contributed by atoms with Gasteiger partial charge in [-0.3, -0.25) is 9.87 Å². The van der Waals surface area contributed by atoms with Crippen molar-refractivity contribution >= 4 is 10.1 Å². The molecule has 0 rings (SSSR count). The molecule has 0 aromatic rings. The summed E-state index contributed by atoms with van der Waals surface area (Å²) >= 11 is 0. The monoisotopic (exact) mass is 227 g/mol. The topological polar surface area (TPSA) is 107 Å². The first-order chi connectivity index (χ1) is 6.04. The molecule has 0 bridgehead atoms. The molecule has 0 saturated heterocycles. The molecule has 0 saturated carbocycles. The zero-order valence-electron chi connectivity index (χ0n) is 8.43. The maximum atomic E-state index is 10.7. The van der Waals surface area contributed by atoms with E-state index in [0.29, 0.717) is 0 Å². The van der Waals surface area contributed by atoms with E-state index < -0.39 is 27.2 Å². The van der Waals surface area contributed by atoms with Gasteiger partial charge in [-0.15, -0.1) is 0 Å². The second kappa shape index (κ2) is 4.54. The fourth-order valence-corrected chi connectivity index (χ4v) is 1.67. The Balaban J connectivity index is 4.43. The van der Waals surface area contributed by atoms with Gasteiger partial charge in [-0.1, -0.05) is 0 Å². The highest BCUT2D eigenvalue weighted by Crippen LogP contribution is 2.04. The van der Waals surface area contributed by atoms with Gasteiger partial charge in [0.15, 0.2) is 5.37 Å². The molecule has 86 valence electrons. The van der Waals surface area contributed by atoms with Gasteiger partial charge in [-0.25, -0.2) is 0 Å². The van der Waals surface area contributed by atoms with Crippen molar-refractivity contribution in [1.29, 1.82) is 0 Å². The number of aliphatic hydroxyl groups is 2. The Kier molecular flexibility index (Phi) is 4.47. The molecule has 0 amide bonds. The van der Waals surface area contributed by atoms with Crippen molar-refractivity contribution in [1.82, 2.24) is 5.32 Å². The van der Waals surface area contributed by atoms with Gasteiger partial charge in [0.05, 0.1) is 11.7 Å². The summed E-state index contributed by atoms with van der Waals surface area (Å²) in [6.07, 6.45) is -1.26. The molecule has 6 nitrogen and oxygen atoms in total. The lowest BCUT2D eigenvalue weighted by Gasteiger charge is -2.23. The van der Waals surface area contributed by atoms with Crippen LogP contribution in [0.15, 0.2) is 0 Å². The molecule has 0 aliphatic rings. The van der Waals surface area contributed by atoms with Crippen LogP contribution < -0.4 is 5.32 Å². The van der Waals surface area contributed by atoms with Gasteiger partial charge in [-0.05, 0) is 20.8 Å². The molecule has 4 N–H and O–H groups in total. The Hall–Kier alpha value is -0.210. The zero-order chi connectivity index (χ0) is 11.6. The molecule has 0 heterocycles. The summed E-state index contributed by atoms with van der Waals surface area (Å²) in [5.41, 5.74) is -1.11. The summed E-state index contributed by atoms with van der Waals surface area (Å²) in [5.74, 6) is 0. The fraction of sp³-hybridized carbons (Fsp3) is 1.00. The van der Waals surface area contributed by atoms with E-state index in [1.165, 1.54) is 20.8 Å². The molecule has 2 unspecified atom stereocenters. The molecule has 0 fully saturated rings. The highest BCUT2D eigenvalue weighted by Gasteiger charge is 2.29. The largest absolute Gasteiger partial charge is 0.391 e. The van der Waals surface area contributed by atoms with E-state index in [9.17, 15) is 13.5 Å². The summed E-state index contributed by atoms with van der Waals surface area (Å²) in [5, 5.41) is 19.2. The molecular weight excluding hydrogens is 210 g/mol. The minimum Gasteiger partial charge on any atom is -0.391 e.